The third-order valence-corrected chi connectivity index (χ3v) is 3.87. The number of aryl methyl sites for hydroxylation is 1. The molecular formula is C20H20N2O3. The molecule has 0 spiro atoms. The Bertz CT molecular complexity index is 853. The summed E-state index contributed by atoms with van der Waals surface area (Å²) in [6.45, 7) is 2.53. The molecule has 0 radical (unpaired) electrons. The van der Waals surface area contributed by atoms with Crippen LogP contribution in [0.2, 0.25) is 0 Å². The van der Waals surface area contributed by atoms with Gasteiger partial charge in [-0.25, -0.2) is 0 Å². The molecule has 25 heavy (non-hydrogen) atoms. The average molecular weight is 336 g/mol. The van der Waals surface area contributed by atoms with Crippen molar-refractivity contribution in [3.63, 3.8) is 0 Å². The summed E-state index contributed by atoms with van der Waals surface area (Å²) in [5.74, 6) is 1.26. The van der Waals surface area contributed by atoms with Crippen LogP contribution in [-0.2, 0) is 17.8 Å². The molecule has 128 valence electrons. The van der Waals surface area contributed by atoms with Crippen molar-refractivity contribution in [2.75, 3.05) is 7.11 Å². The average Bonchev–Trinajstić information content (AvgIpc) is 3.10. The van der Waals surface area contributed by atoms with Crippen molar-refractivity contribution in [2.24, 2.45) is 0 Å². The predicted molar refractivity (Wildman–Crippen MR) is 95.2 cm³/mol. The second-order valence-corrected chi connectivity index (χ2v) is 5.85. The van der Waals surface area contributed by atoms with Gasteiger partial charge in [0.2, 0.25) is 5.91 Å². The molecule has 0 saturated carbocycles. The number of nitrogens with zero attached hydrogens (tertiary/aromatic N) is 1. The van der Waals surface area contributed by atoms with Crippen molar-refractivity contribution in [1.29, 1.82) is 0 Å². The molecule has 0 unspecified atom stereocenters. The summed E-state index contributed by atoms with van der Waals surface area (Å²) >= 11 is 0. The first-order valence-corrected chi connectivity index (χ1v) is 8.06. The summed E-state index contributed by atoms with van der Waals surface area (Å²) in [4.78, 5) is 12.1. The highest BCUT2D eigenvalue weighted by Gasteiger charge is 2.11. The van der Waals surface area contributed by atoms with E-state index in [0.717, 1.165) is 16.9 Å². The lowest BCUT2D eigenvalue weighted by Crippen LogP contribution is -2.24. The summed E-state index contributed by atoms with van der Waals surface area (Å²) in [5.41, 5.74) is 3.72. The van der Waals surface area contributed by atoms with Crippen molar-refractivity contribution in [1.82, 2.24) is 10.5 Å². The van der Waals surface area contributed by atoms with Crippen molar-refractivity contribution >= 4 is 5.91 Å². The number of rotatable bonds is 6. The van der Waals surface area contributed by atoms with Crippen molar-refractivity contribution < 1.29 is 14.1 Å². The van der Waals surface area contributed by atoms with Gasteiger partial charge in [-0.3, -0.25) is 4.79 Å². The van der Waals surface area contributed by atoms with Crippen molar-refractivity contribution in [2.45, 2.75) is 19.9 Å². The molecule has 0 aliphatic heterocycles. The van der Waals surface area contributed by atoms with Crippen LogP contribution in [0.3, 0.4) is 0 Å². The lowest BCUT2D eigenvalue weighted by atomic mass is 10.1. The number of methoxy groups -OCH3 is 1. The number of aromatic nitrogens is 1. The third kappa shape index (κ3) is 4.47. The monoisotopic (exact) mass is 336 g/mol. The number of ether oxygens (including phenoxy) is 1. The van der Waals surface area contributed by atoms with Gasteiger partial charge in [0.15, 0.2) is 5.76 Å². The second kappa shape index (κ2) is 7.66. The molecule has 0 atom stereocenters. The normalized spacial score (nSPS) is 10.5. The van der Waals surface area contributed by atoms with E-state index in [4.69, 9.17) is 9.26 Å². The fourth-order valence-corrected chi connectivity index (χ4v) is 2.44. The first-order chi connectivity index (χ1) is 12.1. The molecule has 0 aliphatic rings. The van der Waals surface area contributed by atoms with E-state index in [-0.39, 0.29) is 12.3 Å². The molecule has 1 N–H and O–H groups in total. The third-order valence-electron chi connectivity index (χ3n) is 3.87. The molecular weight excluding hydrogens is 316 g/mol. The van der Waals surface area contributed by atoms with Crippen molar-refractivity contribution in [3.05, 3.63) is 71.4 Å². The van der Waals surface area contributed by atoms with E-state index in [2.05, 4.69) is 10.5 Å². The standard InChI is InChI=1S/C20H20N2O3/c1-14-6-8-15(9-7-14)13-21-20(23)12-17-11-19(25-22-17)16-4-3-5-18(10-16)24-2/h3-11H,12-13H2,1-2H3,(H,21,23). The Morgan fingerprint density at radius 1 is 1.16 bits per heavy atom. The van der Waals surface area contributed by atoms with E-state index in [1.165, 1.54) is 5.56 Å². The molecule has 1 heterocycles. The van der Waals surface area contributed by atoms with Gasteiger partial charge in [-0.05, 0) is 24.6 Å². The molecule has 1 aromatic heterocycles. The molecule has 0 saturated heterocycles. The van der Waals surface area contributed by atoms with Gasteiger partial charge in [0.25, 0.3) is 0 Å². The smallest absolute Gasteiger partial charge is 0.226 e. The number of amides is 1. The van der Waals surface area contributed by atoms with E-state index in [1.54, 1.807) is 13.2 Å². The molecule has 0 fully saturated rings. The fraction of sp³-hybridized carbons (Fsp3) is 0.200. The van der Waals surface area contributed by atoms with Crippen LogP contribution in [0.1, 0.15) is 16.8 Å². The quantitative estimate of drug-likeness (QED) is 0.748. The zero-order chi connectivity index (χ0) is 17.6. The number of carbonyl (C=O) groups is 1. The number of hydrogen-bond donors (Lipinski definition) is 1. The van der Waals surface area contributed by atoms with Crippen LogP contribution in [0.5, 0.6) is 5.75 Å². The van der Waals surface area contributed by atoms with Gasteiger partial charge in [0.05, 0.1) is 19.2 Å². The minimum absolute atomic E-state index is 0.0916. The van der Waals surface area contributed by atoms with Crippen molar-refractivity contribution in [3.8, 4) is 17.1 Å². The van der Waals surface area contributed by atoms with E-state index < -0.39 is 0 Å². The molecule has 0 bridgehead atoms. The van der Waals surface area contributed by atoms with E-state index >= 15 is 0 Å². The zero-order valence-corrected chi connectivity index (χ0v) is 14.3. The van der Waals surface area contributed by atoms with Gasteiger partial charge in [-0.15, -0.1) is 0 Å². The number of hydrogen-bond acceptors (Lipinski definition) is 4. The maximum atomic E-state index is 12.1. The van der Waals surface area contributed by atoms with Gasteiger partial charge >= 0.3 is 0 Å². The minimum Gasteiger partial charge on any atom is -0.497 e. The Morgan fingerprint density at radius 2 is 1.96 bits per heavy atom. The van der Waals surface area contributed by atoms with Crippen LogP contribution in [0.15, 0.2) is 59.1 Å². The summed E-state index contributed by atoms with van der Waals surface area (Å²) in [6.07, 6.45) is 0.180. The molecule has 3 aromatic rings. The van der Waals surface area contributed by atoms with Gasteiger partial charge in [-0.2, -0.15) is 0 Å². The van der Waals surface area contributed by atoms with Gasteiger partial charge in [0, 0.05) is 18.2 Å². The predicted octanol–water partition coefficient (Wildman–Crippen LogP) is 3.52. The molecule has 5 nitrogen and oxygen atoms in total. The zero-order valence-electron chi connectivity index (χ0n) is 14.3. The Kier molecular flexibility index (Phi) is 5.14. The Balaban J connectivity index is 1.58. The van der Waals surface area contributed by atoms with Crippen LogP contribution in [-0.4, -0.2) is 18.2 Å². The van der Waals surface area contributed by atoms with Crippen LogP contribution < -0.4 is 10.1 Å². The van der Waals surface area contributed by atoms with Crippen LogP contribution >= 0.6 is 0 Å². The first kappa shape index (κ1) is 16.8. The lowest BCUT2D eigenvalue weighted by Gasteiger charge is -2.04. The number of carbonyl (C=O) groups excluding carboxylic acids is 1. The fourth-order valence-electron chi connectivity index (χ4n) is 2.44. The molecule has 2 aromatic carbocycles. The number of benzene rings is 2. The van der Waals surface area contributed by atoms with Crippen LogP contribution in [0.25, 0.3) is 11.3 Å². The Hall–Kier alpha value is -3.08. The summed E-state index contributed by atoms with van der Waals surface area (Å²) < 4.78 is 10.5. The maximum absolute atomic E-state index is 12.1. The van der Waals surface area contributed by atoms with E-state index in [1.807, 2.05) is 55.5 Å². The SMILES string of the molecule is COc1cccc(-c2cc(CC(=O)NCc3ccc(C)cc3)no2)c1. The Morgan fingerprint density at radius 3 is 2.72 bits per heavy atom. The molecule has 1 amide bonds. The van der Waals surface area contributed by atoms with Gasteiger partial charge in [-0.1, -0.05) is 47.1 Å². The highest BCUT2D eigenvalue weighted by molar-refractivity contribution is 5.78. The van der Waals surface area contributed by atoms with E-state index in [9.17, 15) is 4.79 Å². The van der Waals surface area contributed by atoms with Gasteiger partial charge < -0.3 is 14.6 Å². The lowest BCUT2D eigenvalue weighted by molar-refractivity contribution is -0.120. The highest BCUT2D eigenvalue weighted by Crippen LogP contribution is 2.24. The topological polar surface area (TPSA) is 64.4 Å². The molecule has 3 rings (SSSR count). The molecule has 0 aliphatic carbocycles. The van der Waals surface area contributed by atoms with Gasteiger partial charge in [0.1, 0.15) is 5.75 Å². The highest BCUT2D eigenvalue weighted by atomic mass is 16.5. The van der Waals surface area contributed by atoms with Crippen LogP contribution in [0, 0.1) is 6.92 Å². The van der Waals surface area contributed by atoms with Crippen LogP contribution in [0.4, 0.5) is 0 Å². The summed E-state index contributed by atoms with van der Waals surface area (Å²) in [7, 11) is 1.61. The maximum Gasteiger partial charge on any atom is 0.226 e. The molecule has 5 heteroatoms. The number of nitrogens with one attached hydrogen (secondary N) is 1. The first-order valence-electron chi connectivity index (χ1n) is 8.06. The summed E-state index contributed by atoms with van der Waals surface area (Å²) in [5, 5.41) is 6.87. The van der Waals surface area contributed by atoms with E-state index in [0.29, 0.717) is 18.0 Å². The minimum atomic E-state index is -0.0916. The largest absolute Gasteiger partial charge is 0.497 e. The second-order valence-electron chi connectivity index (χ2n) is 5.85. The summed E-state index contributed by atoms with van der Waals surface area (Å²) in [6, 6.07) is 17.4. The Labute approximate surface area is 146 Å².